The number of nitrogens with zero attached hydrogens (tertiary/aromatic N) is 1. The predicted molar refractivity (Wildman–Crippen MR) is 114 cm³/mol. The fraction of sp³-hybridized carbons (Fsp3) is 0.619. The van der Waals surface area contributed by atoms with Crippen LogP contribution in [-0.2, 0) is 10.2 Å². The van der Waals surface area contributed by atoms with Gasteiger partial charge in [-0.1, -0.05) is 53.7 Å². The zero-order valence-corrected chi connectivity index (χ0v) is 18.5. The molecule has 0 aromatic heterocycles. The number of benzene rings is 1. The molecule has 1 aromatic carbocycles. The van der Waals surface area contributed by atoms with Crippen molar-refractivity contribution < 1.29 is 9.59 Å². The maximum absolute atomic E-state index is 13.1. The summed E-state index contributed by atoms with van der Waals surface area (Å²) in [5.41, 5.74) is 7.45. The lowest BCUT2D eigenvalue weighted by Crippen LogP contribution is -2.56. The first-order valence-electron chi connectivity index (χ1n) is 9.31. The molecule has 150 valence electrons. The minimum atomic E-state index is -0.666. The van der Waals surface area contributed by atoms with Gasteiger partial charge in [0.15, 0.2) is 0 Å². The van der Waals surface area contributed by atoms with Crippen molar-refractivity contribution in [2.45, 2.75) is 77.0 Å². The summed E-state index contributed by atoms with van der Waals surface area (Å²) >= 11 is 1.63. The normalized spacial score (nSPS) is 22.6. The molecule has 27 heavy (non-hydrogen) atoms. The van der Waals surface area contributed by atoms with Gasteiger partial charge in [0.2, 0.25) is 5.91 Å². The molecule has 1 heterocycles. The van der Waals surface area contributed by atoms with Crippen molar-refractivity contribution in [2.75, 3.05) is 5.32 Å². The summed E-state index contributed by atoms with van der Waals surface area (Å²) in [7, 11) is 0. The fourth-order valence-corrected chi connectivity index (χ4v) is 5.04. The Kier molecular flexibility index (Phi) is 5.64. The molecule has 6 heteroatoms. The fourth-order valence-electron chi connectivity index (χ4n) is 3.42. The summed E-state index contributed by atoms with van der Waals surface area (Å²) in [6, 6.07) is 6.88. The summed E-state index contributed by atoms with van der Waals surface area (Å²) in [5, 5.41) is 2.80. The predicted octanol–water partition coefficient (Wildman–Crippen LogP) is 4.57. The molecule has 5 nitrogen and oxygen atoms in total. The monoisotopic (exact) mass is 391 g/mol. The van der Waals surface area contributed by atoms with E-state index in [0.29, 0.717) is 5.69 Å². The van der Waals surface area contributed by atoms with Gasteiger partial charge in [0, 0.05) is 10.4 Å². The molecule has 0 bridgehead atoms. The SMILES string of the molecule is CC(C)(C)c1ccc(NC(=O)N2C(C(C)(C)C)SC(C)(C)C2C(N)=O)cc1. The van der Waals surface area contributed by atoms with Crippen molar-refractivity contribution in [3.63, 3.8) is 0 Å². The highest BCUT2D eigenvalue weighted by Crippen LogP contribution is 2.50. The first kappa shape index (κ1) is 21.6. The molecule has 0 radical (unpaired) electrons. The largest absolute Gasteiger partial charge is 0.368 e. The van der Waals surface area contributed by atoms with Crippen LogP contribution in [0.3, 0.4) is 0 Å². The third kappa shape index (κ3) is 4.60. The van der Waals surface area contributed by atoms with Crippen molar-refractivity contribution in [1.29, 1.82) is 0 Å². The first-order chi connectivity index (χ1) is 12.1. The molecule has 0 aliphatic carbocycles. The first-order valence-corrected chi connectivity index (χ1v) is 10.2. The van der Waals surface area contributed by atoms with Gasteiger partial charge >= 0.3 is 6.03 Å². The van der Waals surface area contributed by atoms with Gasteiger partial charge in [0.25, 0.3) is 0 Å². The molecule has 2 rings (SSSR count). The Labute approximate surface area is 167 Å². The lowest BCUT2D eigenvalue weighted by atomic mass is 9.87. The average molecular weight is 392 g/mol. The standard InChI is InChI=1S/C21H33N3O2S/c1-19(2,3)13-9-11-14(12-10-13)23-18(26)24-15(16(22)25)21(7,8)27-17(24)20(4,5)6/h9-12,15,17H,1-8H3,(H2,22,25)(H,23,26). The lowest BCUT2D eigenvalue weighted by Gasteiger charge is -2.36. The van der Waals surface area contributed by atoms with E-state index in [1.807, 2.05) is 38.1 Å². The minimum Gasteiger partial charge on any atom is -0.368 e. The lowest BCUT2D eigenvalue weighted by molar-refractivity contribution is -0.123. The van der Waals surface area contributed by atoms with Gasteiger partial charge in [0.05, 0.1) is 5.37 Å². The Balaban J connectivity index is 2.31. The molecule has 2 atom stereocenters. The van der Waals surface area contributed by atoms with Crippen LogP contribution in [0.1, 0.15) is 61.0 Å². The van der Waals surface area contributed by atoms with Gasteiger partial charge in [0.1, 0.15) is 6.04 Å². The summed E-state index contributed by atoms with van der Waals surface area (Å²) < 4.78 is -0.447. The van der Waals surface area contributed by atoms with Gasteiger partial charge in [-0.3, -0.25) is 9.69 Å². The number of thioether (sulfide) groups is 1. The van der Waals surface area contributed by atoms with Crippen LogP contribution in [0.25, 0.3) is 0 Å². The van der Waals surface area contributed by atoms with Crippen LogP contribution in [-0.4, -0.2) is 33.0 Å². The Morgan fingerprint density at radius 3 is 2.00 bits per heavy atom. The number of hydrogen-bond donors (Lipinski definition) is 2. The van der Waals surface area contributed by atoms with E-state index in [0.717, 1.165) is 0 Å². The van der Waals surface area contributed by atoms with E-state index >= 15 is 0 Å². The quantitative estimate of drug-likeness (QED) is 0.775. The van der Waals surface area contributed by atoms with Gasteiger partial charge in [-0.05, 0) is 42.4 Å². The molecule has 3 N–H and O–H groups in total. The van der Waals surface area contributed by atoms with Crippen molar-refractivity contribution in [3.8, 4) is 0 Å². The Morgan fingerprint density at radius 1 is 1.07 bits per heavy atom. The van der Waals surface area contributed by atoms with Crippen LogP contribution in [0.15, 0.2) is 24.3 Å². The van der Waals surface area contributed by atoms with Crippen molar-refractivity contribution in [1.82, 2.24) is 4.90 Å². The van der Waals surface area contributed by atoms with Crippen LogP contribution < -0.4 is 11.1 Å². The second-order valence-corrected chi connectivity index (χ2v) is 11.6. The maximum atomic E-state index is 13.1. The van der Waals surface area contributed by atoms with Crippen molar-refractivity contribution in [2.24, 2.45) is 11.1 Å². The number of hydrogen-bond acceptors (Lipinski definition) is 3. The molecule has 3 amide bonds. The number of carbonyl (C=O) groups excluding carboxylic acids is 2. The average Bonchev–Trinajstić information content (AvgIpc) is 2.78. The molecular formula is C21H33N3O2S. The summed E-state index contributed by atoms with van der Waals surface area (Å²) in [5.74, 6) is -0.475. The van der Waals surface area contributed by atoms with E-state index in [-0.39, 0.29) is 22.2 Å². The number of nitrogens with one attached hydrogen (secondary N) is 1. The third-order valence-corrected chi connectivity index (χ3v) is 6.84. The Morgan fingerprint density at radius 2 is 1.59 bits per heavy atom. The van der Waals surface area contributed by atoms with Crippen LogP contribution >= 0.6 is 11.8 Å². The molecule has 1 aromatic rings. The molecule has 0 spiro atoms. The van der Waals surface area contributed by atoms with E-state index in [9.17, 15) is 9.59 Å². The second kappa shape index (κ2) is 7.04. The van der Waals surface area contributed by atoms with Gasteiger partial charge in [-0.15, -0.1) is 11.8 Å². The molecule has 2 unspecified atom stereocenters. The second-order valence-electron chi connectivity index (χ2n) is 9.91. The molecule has 1 aliphatic rings. The topological polar surface area (TPSA) is 75.4 Å². The van der Waals surface area contributed by atoms with Crippen molar-refractivity contribution in [3.05, 3.63) is 29.8 Å². The van der Waals surface area contributed by atoms with Crippen LogP contribution in [0.2, 0.25) is 0 Å². The Hall–Kier alpha value is -1.69. The number of rotatable bonds is 2. The maximum Gasteiger partial charge on any atom is 0.323 e. The van der Waals surface area contributed by atoms with E-state index in [2.05, 4.69) is 46.9 Å². The van der Waals surface area contributed by atoms with Gasteiger partial charge < -0.3 is 11.1 Å². The van der Waals surface area contributed by atoms with E-state index < -0.39 is 16.7 Å². The van der Waals surface area contributed by atoms with E-state index in [4.69, 9.17) is 5.73 Å². The summed E-state index contributed by atoms with van der Waals surface area (Å²) in [4.78, 5) is 27.0. The number of carbonyl (C=O) groups is 2. The number of urea groups is 1. The molecule has 1 aliphatic heterocycles. The molecule has 1 saturated heterocycles. The van der Waals surface area contributed by atoms with Gasteiger partial charge in [-0.25, -0.2) is 4.79 Å². The van der Waals surface area contributed by atoms with Crippen LogP contribution in [0, 0.1) is 5.41 Å². The zero-order chi connectivity index (χ0) is 20.8. The van der Waals surface area contributed by atoms with E-state index in [1.54, 1.807) is 16.7 Å². The smallest absolute Gasteiger partial charge is 0.323 e. The van der Waals surface area contributed by atoms with Gasteiger partial charge in [-0.2, -0.15) is 0 Å². The third-order valence-electron chi connectivity index (χ3n) is 4.85. The Bertz CT molecular complexity index is 714. The van der Waals surface area contributed by atoms with Crippen LogP contribution in [0.4, 0.5) is 10.5 Å². The zero-order valence-electron chi connectivity index (χ0n) is 17.7. The number of nitrogens with two attached hydrogens (primary N) is 1. The minimum absolute atomic E-state index is 0.0482. The number of primary amides is 1. The summed E-state index contributed by atoms with van der Waals surface area (Å²) in [6.45, 7) is 16.6. The highest BCUT2D eigenvalue weighted by atomic mass is 32.2. The summed E-state index contributed by atoms with van der Waals surface area (Å²) in [6.07, 6.45) is 0. The molecular weight excluding hydrogens is 358 g/mol. The van der Waals surface area contributed by atoms with Crippen LogP contribution in [0.5, 0.6) is 0 Å². The molecule has 0 saturated carbocycles. The number of amides is 3. The molecule has 1 fully saturated rings. The highest BCUT2D eigenvalue weighted by molar-refractivity contribution is 8.01. The number of anilines is 1. The van der Waals surface area contributed by atoms with E-state index in [1.165, 1.54) is 5.56 Å². The highest BCUT2D eigenvalue weighted by Gasteiger charge is 2.55. The van der Waals surface area contributed by atoms with Crippen molar-refractivity contribution >= 4 is 29.4 Å².